The summed E-state index contributed by atoms with van der Waals surface area (Å²) in [6.45, 7) is 4.25. The maximum Gasteiger partial charge on any atom is 0.251 e. The number of benzene rings is 4. The van der Waals surface area contributed by atoms with E-state index in [9.17, 15) is 4.79 Å². The summed E-state index contributed by atoms with van der Waals surface area (Å²) in [5.41, 5.74) is 3.24. The van der Waals surface area contributed by atoms with Gasteiger partial charge in [0.15, 0.2) is 0 Å². The van der Waals surface area contributed by atoms with E-state index >= 15 is 0 Å². The van der Waals surface area contributed by atoms with Crippen molar-refractivity contribution < 1.29 is 4.79 Å². The Balaban J connectivity index is 0.000000174. The van der Waals surface area contributed by atoms with Crippen molar-refractivity contribution in [3.63, 3.8) is 0 Å². The molecule has 0 aliphatic carbocycles. The van der Waals surface area contributed by atoms with Gasteiger partial charge in [-0.2, -0.15) is 0 Å². The molecule has 1 fully saturated rings. The number of nitrogens with zero attached hydrogens (tertiary/aromatic N) is 1. The molecule has 0 unspecified atom stereocenters. The van der Waals surface area contributed by atoms with Gasteiger partial charge in [0.25, 0.3) is 5.91 Å². The first-order valence-corrected chi connectivity index (χ1v) is 11.4. The lowest BCUT2D eigenvalue weighted by Gasteiger charge is -2.13. The Bertz CT molecular complexity index is 1120. The van der Waals surface area contributed by atoms with E-state index in [2.05, 4.69) is 64.8 Å². The molecule has 1 aliphatic rings. The Labute approximate surface area is 190 Å². The molecule has 1 amide bonds. The highest BCUT2D eigenvalue weighted by atomic mass is 16.1. The molecular weight excluding hydrogens is 392 g/mol. The van der Waals surface area contributed by atoms with Gasteiger partial charge in [-0.1, -0.05) is 84.9 Å². The third kappa shape index (κ3) is 6.29. The molecule has 1 N–H and O–H groups in total. The summed E-state index contributed by atoms with van der Waals surface area (Å²) in [5, 5.41) is 5.35. The molecule has 0 atom stereocenters. The molecule has 4 aromatic carbocycles. The zero-order valence-electron chi connectivity index (χ0n) is 18.4. The lowest BCUT2D eigenvalue weighted by molar-refractivity contribution is 0.0951. The molecule has 1 heterocycles. The molecule has 0 saturated carbocycles. The SMILES string of the molecule is O=C(NCc1ccc2ccccc2c1)c1ccccc1.c1ccc(CN2CCCC2)cc1. The smallest absolute Gasteiger partial charge is 0.251 e. The van der Waals surface area contributed by atoms with Crippen molar-refractivity contribution in [3.05, 3.63) is 120 Å². The van der Waals surface area contributed by atoms with Gasteiger partial charge in [-0.25, -0.2) is 0 Å². The predicted octanol–water partition coefficient (Wildman–Crippen LogP) is 6.05. The standard InChI is InChI=1S/C18H15NO.C11H15N/c20-18(16-7-2-1-3-8-16)19-13-14-10-11-15-6-4-5-9-17(15)12-14;1-2-6-11(7-3-1)10-12-8-4-5-9-12/h1-12H,13H2,(H,19,20);1-3,6-7H,4-5,8-10H2. The van der Waals surface area contributed by atoms with Crippen LogP contribution in [0.25, 0.3) is 10.8 Å². The van der Waals surface area contributed by atoms with E-state index in [1.807, 2.05) is 48.5 Å². The highest BCUT2D eigenvalue weighted by molar-refractivity contribution is 5.94. The zero-order chi connectivity index (χ0) is 22.0. The molecule has 3 heteroatoms. The molecule has 0 aromatic heterocycles. The van der Waals surface area contributed by atoms with Gasteiger partial charge in [0, 0.05) is 18.7 Å². The topological polar surface area (TPSA) is 32.3 Å². The molecule has 5 rings (SSSR count). The summed E-state index contributed by atoms with van der Waals surface area (Å²) in [6, 6.07) is 34.4. The highest BCUT2D eigenvalue weighted by Crippen LogP contribution is 2.15. The molecule has 3 nitrogen and oxygen atoms in total. The van der Waals surface area contributed by atoms with Gasteiger partial charge < -0.3 is 5.32 Å². The summed E-state index contributed by atoms with van der Waals surface area (Å²) in [6.07, 6.45) is 2.76. The largest absolute Gasteiger partial charge is 0.348 e. The number of carbonyl (C=O) groups is 1. The monoisotopic (exact) mass is 422 g/mol. The Kier molecular flexibility index (Phi) is 7.67. The van der Waals surface area contributed by atoms with Crippen LogP contribution in [0.3, 0.4) is 0 Å². The third-order valence-corrected chi connectivity index (χ3v) is 5.75. The van der Waals surface area contributed by atoms with Crippen LogP contribution in [0.4, 0.5) is 0 Å². The van der Waals surface area contributed by atoms with Crippen LogP contribution in [0.1, 0.15) is 34.3 Å². The van der Waals surface area contributed by atoms with Gasteiger partial charge >= 0.3 is 0 Å². The molecule has 32 heavy (non-hydrogen) atoms. The Morgan fingerprint density at radius 2 is 1.31 bits per heavy atom. The summed E-state index contributed by atoms with van der Waals surface area (Å²) >= 11 is 0. The van der Waals surface area contributed by atoms with E-state index in [1.54, 1.807) is 0 Å². The van der Waals surface area contributed by atoms with E-state index in [4.69, 9.17) is 0 Å². The van der Waals surface area contributed by atoms with E-state index in [-0.39, 0.29) is 5.91 Å². The molecule has 0 radical (unpaired) electrons. The van der Waals surface area contributed by atoms with E-state index < -0.39 is 0 Å². The van der Waals surface area contributed by atoms with Gasteiger partial charge in [-0.05, 0) is 66.0 Å². The fourth-order valence-corrected chi connectivity index (χ4v) is 4.01. The molecule has 0 spiro atoms. The minimum Gasteiger partial charge on any atom is -0.348 e. The lowest BCUT2D eigenvalue weighted by Crippen LogP contribution is -2.22. The van der Waals surface area contributed by atoms with Crippen LogP contribution in [0, 0.1) is 0 Å². The molecule has 162 valence electrons. The number of likely N-dealkylation sites (tertiary alicyclic amines) is 1. The van der Waals surface area contributed by atoms with Crippen LogP contribution in [0.15, 0.2) is 103 Å². The van der Waals surface area contributed by atoms with Crippen molar-refractivity contribution in [1.82, 2.24) is 10.2 Å². The van der Waals surface area contributed by atoms with Crippen LogP contribution in [-0.2, 0) is 13.1 Å². The molecule has 4 aromatic rings. The third-order valence-electron chi connectivity index (χ3n) is 5.75. The van der Waals surface area contributed by atoms with Gasteiger partial charge in [-0.3, -0.25) is 9.69 Å². The number of rotatable bonds is 5. The normalized spacial score (nSPS) is 13.4. The first-order valence-electron chi connectivity index (χ1n) is 11.4. The number of amides is 1. The van der Waals surface area contributed by atoms with Crippen molar-refractivity contribution >= 4 is 16.7 Å². The molecular formula is C29H30N2O. The average Bonchev–Trinajstić information content (AvgIpc) is 3.37. The van der Waals surface area contributed by atoms with E-state index in [0.29, 0.717) is 12.1 Å². The minimum absolute atomic E-state index is 0.0428. The summed E-state index contributed by atoms with van der Waals surface area (Å²) in [5.74, 6) is -0.0428. The Morgan fingerprint density at radius 1 is 0.688 bits per heavy atom. The maximum atomic E-state index is 12.0. The Morgan fingerprint density at radius 3 is 2.03 bits per heavy atom. The van der Waals surface area contributed by atoms with Crippen molar-refractivity contribution in [2.24, 2.45) is 0 Å². The highest BCUT2D eigenvalue weighted by Gasteiger charge is 2.10. The van der Waals surface area contributed by atoms with Crippen molar-refractivity contribution in [3.8, 4) is 0 Å². The van der Waals surface area contributed by atoms with Crippen LogP contribution in [0.2, 0.25) is 0 Å². The van der Waals surface area contributed by atoms with Crippen LogP contribution in [-0.4, -0.2) is 23.9 Å². The first-order chi connectivity index (χ1) is 15.8. The maximum absolute atomic E-state index is 12.0. The average molecular weight is 423 g/mol. The second-order valence-corrected chi connectivity index (χ2v) is 8.20. The van der Waals surface area contributed by atoms with E-state index in [1.165, 1.54) is 42.3 Å². The van der Waals surface area contributed by atoms with Gasteiger partial charge in [0.2, 0.25) is 0 Å². The number of hydrogen-bond acceptors (Lipinski definition) is 2. The summed E-state index contributed by atoms with van der Waals surface area (Å²) in [7, 11) is 0. The van der Waals surface area contributed by atoms with Gasteiger partial charge in [0.1, 0.15) is 0 Å². The van der Waals surface area contributed by atoms with Gasteiger partial charge in [0.05, 0.1) is 0 Å². The number of fused-ring (bicyclic) bond motifs is 1. The molecule has 1 saturated heterocycles. The summed E-state index contributed by atoms with van der Waals surface area (Å²) < 4.78 is 0. The van der Waals surface area contributed by atoms with Crippen LogP contribution in [0.5, 0.6) is 0 Å². The lowest BCUT2D eigenvalue weighted by atomic mass is 10.1. The van der Waals surface area contributed by atoms with Crippen molar-refractivity contribution in [2.45, 2.75) is 25.9 Å². The number of nitrogens with one attached hydrogen (secondary N) is 1. The quantitative estimate of drug-likeness (QED) is 0.424. The second kappa shape index (κ2) is 11.3. The number of hydrogen-bond donors (Lipinski definition) is 1. The second-order valence-electron chi connectivity index (χ2n) is 8.20. The fraction of sp³-hybridized carbons (Fsp3) is 0.207. The zero-order valence-corrected chi connectivity index (χ0v) is 18.4. The Hall–Kier alpha value is -3.43. The van der Waals surface area contributed by atoms with Crippen molar-refractivity contribution in [1.29, 1.82) is 0 Å². The van der Waals surface area contributed by atoms with Gasteiger partial charge in [-0.15, -0.1) is 0 Å². The van der Waals surface area contributed by atoms with E-state index in [0.717, 1.165) is 12.1 Å². The number of carbonyl (C=O) groups excluding carboxylic acids is 1. The van der Waals surface area contributed by atoms with Crippen LogP contribution >= 0.6 is 0 Å². The molecule has 0 bridgehead atoms. The molecule has 1 aliphatic heterocycles. The van der Waals surface area contributed by atoms with Crippen molar-refractivity contribution in [2.75, 3.05) is 13.1 Å². The van der Waals surface area contributed by atoms with Crippen LogP contribution < -0.4 is 5.32 Å². The first kappa shape index (κ1) is 21.8. The predicted molar refractivity (Wildman–Crippen MR) is 133 cm³/mol. The fourth-order valence-electron chi connectivity index (χ4n) is 4.01. The summed E-state index contributed by atoms with van der Waals surface area (Å²) in [4.78, 5) is 14.5. The minimum atomic E-state index is -0.0428.